The molecule has 2 aromatic rings. The van der Waals surface area contributed by atoms with Gasteiger partial charge in [-0.1, -0.05) is 24.3 Å². The van der Waals surface area contributed by atoms with Crippen LogP contribution >= 0.6 is 0 Å². The quantitative estimate of drug-likeness (QED) is 0.836. The molecular weight excluding hydrogens is 335 g/mol. The van der Waals surface area contributed by atoms with Crippen LogP contribution in [0.1, 0.15) is 19.4 Å². The molecule has 5 nitrogen and oxygen atoms in total. The summed E-state index contributed by atoms with van der Waals surface area (Å²) in [5.41, 5.74) is 1.59. The molecule has 3 rings (SSSR count). The van der Waals surface area contributed by atoms with Crippen LogP contribution in [0.15, 0.2) is 48.5 Å². The van der Waals surface area contributed by atoms with Gasteiger partial charge in [0.1, 0.15) is 18.0 Å². The number of esters is 1. The minimum Gasteiger partial charge on any atom is -0.464 e. The number of benzene rings is 2. The number of nitrogens with zero attached hydrogens (tertiary/aromatic N) is 1. The maximum Gasteiger partial charge on any atom is 0.310 e. The summed E-state index contributed by atoms with van der Waals surface area (Å²) in [5, 5.41) is 3.22. The van der Waals surface area contributed by atoms with Crippen LogP contribution in [0.2, 0.25) is 0 Å². The van der Waals surface area contributed by atoms with Gasteiger partial charge in [0, 0.05) is 0 Å². The van der Waals surface area contributed by atoms with Crippen LogP contribution in [0.5, 0.6) is 0 Å². The molecule has 0 aliphatic carbocycles. The second kappa shape index (κ2) is 7.15. The van der Waals surface area contributed by atoms with E-state index in [9.17, 15) is 14.0 Å². The highest BCUT2D eigenvalue weighted by Crippen LogP contribution is 2.34. The number of halogens is 1. The third-order valence-electron chi connectivity index (χ3n) is 4.26. The van der Waals surface area contributed by atoms with Crippen molar-refractivity contribution in [3.05, 3.63) is 59.9 Å². The molecule has 1 aliphatic rings. The van der Waals surface area contributed by atoms with E-state index in [1.165, 1.54) is 12.1 Å². The normalized spacial score (nSPS) is 15.2. The molecule has 0 saturated heterocycles. The first-order valence-electron chi connectivity index (χ1n) is 8.46. The van der Waals surface area contributed by atoms with E-state index in [0.717, 1.165) is 11.4 Å². The molecule has 0 unspecified atom stereocenters. The van der Waals surface area contributed by atoms with Crippen molar-refractivity contribution in [2.45, 2.75) is 25.8 Å². The largest absolute Gasteiger partial charge is 0.464 e. The van der Waals surface area contributed by atoms with E-state index in [4.69, 9.17) is 4.74 Å². The summed E-state index contributed by atoms with van der Waals surface area (Å²) < 4.78 is 18.2. The van der Waals surface area contributed by atoms with Gasteiger partial charge in [0.15, 0.2) is 0 Å². The predicted octanol–water partition coefficient (Wildman–Crippen LogP) is 3.15. The Bertz CT molecular complexity index is 818. The molecule has 26 heavy (non-hydrogen) atoms. The number of ether oxygens (including phenoxy) is 1. The van der Waals surface area contributed by atoms with Crippen molar-refractivity contribution >= 4 is 23.3 Å². The lowest BCUT2D eigenvalue weighted by Crippen LogP contribution is -2.54. The summed E-state index contributed by atoms with van der Waals surface area (Å²) >= 11 is 0. The Balaban J connectivity index is 1.61. The Labute approximate surface area is 151 Å². The highest BCUT2D eigenvalue weighted by Gasteiger charge is 2.38. The fraction of sp³-hybridized carbons (Fsp3) is 0.300. The van der Waals surface area contributed by atoms with Crippen LogP contribution in [0.25, 0.3) is 0 Å². The average Bonchev–Trinajstić information content (AvgIpc) is 2.60. The number of hydrogen-bond donors (Lipinski definition) is 1. The Morgan fingerprint density at radius 2 is 1.85 bits per heavy atom. The molecule has 0 radical (unpaired) electrons. The summed E-state index contributed by atoms with van der Waals surface area (Å²) in [6.45, 7) is 4.00. The maximum absolute atomic E-state index is 12.9. The molecule has 0 atom stereocenters. The molecule has 6 heteroatoms. The molecule has 2 aromatic carbocycles. The number of amides is 1. The number of para-hydroxylation sites is 2. The molecule has 1 N–H and O–H groups in total. The number of anilines is 2. The molecule has 0 bridgehead atoms. The highest BCUT2D eigenvalue weighted by atomic mass is 19.1. The van der Waals surface area contributed by atoms with Crippen LogP contribution in [-0.2, 0) is 20.7 Å². The third kappa shape index (κ3) is 3.85. The van der Waals surface area contributed by atoms with Crippen LogP contribution < -0.4 is 10.2 Å². The number of carbonyl (C=O) groups is 2. The first-order valence-corrected chi connectivity index (χ1v) is 8.46. The van der Waals surface area contributed by atoms with Crippen LogP contribution in [0, 0.1) is 5.82 Å². The SMILES string of the molecule is CC1(C)Nc2ccccc2N(CCOC(=O)Cc2ccc(F)cc2)C1=O. The first kappa shape index (κ1) is 17.9. The van der Waals surface area contributed by atoms with Gasteiger partial charge in [0.05, 0.1) is 24.3 Å². The molecule has 0 fully saturated rings. The zero-order valence-electron chi connectivity index (χ0n) is 14.8. The molecule has 1 aliphatic heterocycles. The Morgan fingerprint density at radius 1 is 1.15 bits per heavy atom. The third-order valence-corrected chi connectivity index (χ3v) is 4.26. The van der Waals surface area contributed by atoms with Gasteiger partial charge in [-0.25, -0.2) is 4.39 Å². The van der Waals surface area contributed by atoms with Crippen molar-refractivity contribution < 1.29 is 18.7 Å². The van der Waals surface area contributed by atoms with Crippen molar-refractivity contribution in [3.63, 3.8) is 0 Å². The summed E-state index contributed by atoms with van der Waals surface area (Å²) in [6, 6.07) is 13.2. The topological polar surface area (TPSA) is 58.6 Å². The number of nitrogens with one attached hydrogen (secondary N) is 1. The lowest BCUT2D eigenvalue weighted by Gasteiger charge is -2.39. The number of rotatable bonds is 5. The summed E-state index contributed by atoms with van der Waals surface area (Å²) in [5.74, 6) is -0.835. The predicted molar refractivity (Wildman–Crippen MR) is 97.6 cm³/mol. The zero-order chi connectivity index (χ0) is 18.7. The van der Waals surface area contributed by atoms with Crippen molar-refractivity contribution in [1.29, 1.82) is 0 Å². The fourth-order valence-corrected chi connectivity index (χ4v) is 2.94. The standard InChI is InChI=1S/C20H21FN2O3/c1-20(2)19(25)23(17-6-4-3-5-16(17)22-20)11-12-26-18(24)13-14-7-9-15(21)10-8-14/h3-10,22H,11-13H2,1-2H3. The second-order valence-corrected chi connectivity index (χ2v) is 6.75. The van der Waals surface area contributed by atoms with Crippen molar-refractivity contribution in [2.75, 3.05) is 23.4 Å². The molecular formula is C20H21FN2O3. The number of hydrogen-bond acceptors (Lipinski definition) is 4. The Morgan fingerprint density at radius 3 is 2.58 bits per heavy atom. The van der Waals surface area contributed by atoms with Gasteiger partial charge in [0.25, 0.3) is 5.91 Å². The molecule has 0 spiro atoms. The van der Waals surface area contributed by atoms with E-state index in [1.54, 1.807) is 17.0 Å². The molecule has 0 saturated carbocycles. The fourth-order valence-electron chi connectivity index (χ4n) is 2.94. The zero-order valence-corrected chi connectivity index (χ0v) is 14.8. The van der Waals surface area contributed by atoms with Gasteiger partial charge < -0.3 is 15.0 Å². The number of carbonyl (C=O) groups excluding carboxylic acids is 2. The minimum atomic E-state index is -0.730. The van der Waals surface area contributed by atoms with E-state index in [-0.39, 0.29) is 31.3 Å². The summed E-state index contributed by atoms with van der Waals surface area (Å²) in [6.07, 6.45) is 0.0673. The lowest BCUT2D eigenvalue weighted by atomic mass is 9.98. The average molecular weight is 356 g/mol. The van der Waals surface area contributed by atoms with Crippen molar-refractivity contribution in [1.82, 2.24) is 0 Å². The lowest BCUT2D eigenvalue weighted by molar-refractivity contribution is -0.142. The van der Waals surface area contributed by atoms with E-state index >= 15 is 0 Å². The van der Waals surface area contributed by atoms with Crippen LogP contribution in [-0.4, -0.2) is 30.6 Å². The van der Waals surface area contributed by atoms with Gasteiger partial charge in [-0.15, -0.1) is 0 Å². The van der Waals surface area contributed by atoms with Gasteiger partial charge in [-0.2, -0.15) is 0 Å². The Hall–Kier alpha value is -2.89. The van der Waals surface area contributed by atoms with E-state index < -0.39 is 11.5 Å². The maximum atomic E-state index is 12.9. The van der Waals surface area contributed by atoms with Gasteiger partial charge in [0.2, 0.25) is 0 Å². The van der Waals surface area contributed by atoms with Crippen molar-refractivity contribution in [2.24, 2.45) is 0 Å². The van der Waals surface area contributed by atoms with Crippen molar-refractivity contribution in [3.8, 4) is 0 Å². The molecule has 136 valence electrons. The first-order chi connectivity index (χ1) is 12.4. The highest BCUT2D eigenvalue weighted by molar-refractivity contribution is 6.07. The smallest absolute Gasteiger partial charge is 0.310 e. The second-order valence-electron chi connectivity index (χ2n) is 6.75. The minimum absolute atomic E-state index is 0.0673. The van der Waals surface area contributed by atoms with E-state index in [2.05, 4.69) is 5.32 Å². The van der Waals surface area contributed by atoms with Gasteiger partial charge >= 0.3 is 5.97 Å². The van der Waals surface area contributed by atoms with Crippen LogP contribution in [0.4, 0.5) is 15.8 Å². The molecule has 1 heterocycles. The summed E-state index contributed by atoms with van der Waals surface area (Å²) in [4.78, 5) is 26.3. The van der Waals surface area contributed by atoms with Crippen LogP contribution in [0.3, 0.4) is 0 Å². The monoisotopic (exact) mass is 356 g/mol. The van der Waals surface area contributed by atoms with E-state index in [1.807, 2.05) is 38.1 Å². The summed E-state index contributed by atoms with van der Waals surface area (Å²) in [7, 11) is 0. The molecule has 0 aromatic heterocycles. The van der Waals surface area contributed by atoms with Gasteiger partial charge in [-0.05, 0) is 43.7 Å². The Kier molecular flexibility index (Phi) is 4.93. The van der Waals surface area contributed by atoms with Gasteiger partial charge in [-0.3, -0.25) is 9.59 Å². The van der Waals surface area contributed by atoms with E-state index in [0.29, 0.717) is 5.56 Å². The number of fused-ring (bicyclic) bond motifs is 1. The molecule has 1 amide bonds.